The van der Waals surface area contributed by atoms with Crippen molar-refractivity contribution in [3.8, 4) is 0 Å². The van der Waals surface area contributed by atoms with Gasteiger partial charge in [-0.05, 0) is 17.3 Å². The summed E-state index contributed by atoms with van der Waals surface area (Å²) in [5, 5.41) is 3.05. The summed E-state index contributed by atoms with van der Waals surface area (Å²) < 4.78 is 0. The van der Waals surface area contributed by atoms with Crippen molar-refractivity contribution in [2.45, 2.75) is 54.0 Å². The van der Waals surface area contributed by atoms with Crippen LogP contribution in [0.25, 0.3) is 0 Å². The fourth-order valence-corrected chi connectivity index (χ4v) is 2.14. The SMILES string of the molecule is CCC(C)(C)C1NC(=O)C1C(C)(C)C. The van der Waals surface area contributed by atoms with Crippen LogP contribution in [0.1, 0.15) is 48.0 Å². The summed E-state index contributed by atoms with van der Waals surface area (Å²) in [6.07, 6.45) is 1.10. The van der Waals surface area contributed by atoms with Crippen LogP contribution >= 0.6 is 0 Å². The van der Waals surface area contributed by atoms with E-state index in [0.29, 0.717) is 6.04 Å². The molecule has 82 valence electrons. The zero-order valence-corrected chi connectivity index (χ0v) is 10.3. The minimum absolute atomic E-state index is 0.0828. The van der Waals surface area contributed by atoms with Gasteiger partial charge in [-0.3, -0.25) is 4.79 Å². The molecule has 1 fully saturated rings. The van der Waals surface area contributed by atoms with Gasteiger partial charge in [-0.25, -0.2) is 0 Å². The first-order valence-corrected chi connectivity index (χ1v) is 5.50. The largest absolute Gasteiger partial charge is 0.352 e. The number of rotatable bonds is 2. The van der Waals surface area contributed by atoms with E-state index in [1.54, 1.807) is 0 Å². The van der Waals surface area contributed by atoms with Crippen LogP contribution in [0, 0.1) is 16.7 Å². The molecule has 1 aliphatic heterocycles. The predicted octanol–water partition coefficient (Wildman–Crippen LogP) is 2.58. The van der Waals surface area contributed by atoms with E-state index in [2.05, 4.69) is 46.9 Å². The van der Waals surface area contributed by atoms with Crippen molar-refractivity contribution in [3.05, 3.63) is 0 Å². The molecule has 0 aliphatic carbocycles. The second-order valence-corrected chi connectivity index (χ2v) is 6.17. The van der Waals surface area contributed by atoms with Crippen LogP contribution in [0.3, 0.4) is 0 Å². The molecule has 0 aromatic rings. The van der Waals surface area contributed by atoms with Crippen molar-refractivity contribution >= 4 is 5.91 Å². The number of nitrogens with one attached hydrogen (secondary N) is 1. The Bertz CT molecular complexity index is 237. The fourth-order valence-electron chi connectivity index (χ4n) is 2.14. The van der Waals surface area contributed by atoms with Crippen LogP contribution < -0.4 is 5.32 Å². The third-order valence-electron chi connectivity index (χ3n) is 3.60. The third-order valence-corrected chi connectivity index (χ3v) is 3.60. The van der Waals surface area contributed by atoms with E-state index >= 15 is 0 Å². The summed E-state index contributed by atoms with van der Waals surface area (Å²) in [6, 6.07) is 0.347. The molecular weight excluding hydrogens is 174 g/mol. The first-order valence-electron chi connectivity index (χ1n) is 5.50. The lowest BCUT2D eigenvalue weighted by Gasteiger charge is -2.51. The topological polar surface area (TPSA) is 29.1 Å². The summed E-state index contributed by atoms with van der Waals surface area (Å²) in [7, 11) is 0. The van der Waals surface area contributed by atoms with E-state index in [-0.39, 0.29) is 22.7 Å². The molecule has 1 amide bonds. The maximum Gasteiger partial charge on any atom is 0.225 e. The van der Waals surface area contributed by atoms with Crippen LogP contribution in [-0.2, 0) is 4.79 Å². The lowest BCUT2D eigenvalue weighted by molar-refractivity contribution is -0.146. The minimum atomic E-state index is 0.0828. The Hall–Kier alpha value is -0.530. The third kappa shape index (κ3) is 1.79. The van der Waals surface area contributed by atoms with Gasteiger partial charge in [0, 0.05) is 6.04 Å². The lowest BCUT2D eigenvalue weighted by Crippen LogP contribution is -2.67. The van der Waals surface area contributed by atoms with Gasteiger partial charge in [-0.15, -0.1) is 0 Å². The molecule has 1 aliphatic rings. The van der Waals surface area contributed by atoms with Gasteiger partial charge in [-0.2, -0.15) is 0 Å². The smallest absolute Gasteiger partial charge is 0.225 e. The highest BCUT2D eigenvalue weighted by Gasteiger charge is 2.51. The fraction of sp³-hybridized carbons (Fsp3) is 0.917. The van der Waals surface area contributed by atoms with Crippen molar-refractivity contribution in [1.82, 2.24) is 5.32 Å². The summed E-state index contributed by atoms with van der Waals surface area (Å²) in [5.41, 5.74) is 0.297. The molecule has 0 saturated carbocycles. The normalized spacial score (nSPS) is 28.3. The van der Waals surface area contributed by atoms with Gasteiger partial charge in [0.05, 0.1) is 5.92 Å². The molecule has 0 spiro atoms. The van der Waals surface area contributed by atoms with Crippen molar-refractivity contribution < 1.29 is 4.79 Å². The standard InChI is InChI=1S/C12H23NO/c1-7-12(5,6)9-8(10(14)13-9)11(2,3)4/h8-9H,7H2,1-6H3,(H,13,14). The first kappa shape index (κ1) is 11.5. The average Bonchev–Trinajstić information content (AvgIpc) is 1.96. The van der Waals surface area contributed by atoms with Gasteiger partial charge in [0.1, 0.15) is 0 Å². The molecule has 1 rings (SSSR count). The number of carbonyl (C=O) groups is 1. The molecule has 1 N–H and O–H groups in total. The summed E-state index contributed by atoms with van der Waals surface area (Å²) >= 11 is 0. The molecule has 1 saturated heterocycles. The number of hydrogen-bond acceptors (Lipinski definition) is 1. The Morgan fingerprint density at radius 1 is 1.21 bits per heavy atom. The molecule has 2 nitrogen and oxygen atoms in total. The van der Waals surface area contributed by atoms with Crippen LogP contribution in [0.5, 0.6) is 0 Å². The summed E-state index contributed by atoms with van der Waals surface area (Å²) in [5.74, 6) is 0.404. The Morgan fingerprint density at radius 2 is 1.71 bits per heavy atom. The van der Waals surface area contributed by atoms with Gasteiger partial charge in [0.2, 0.25) is 5.91 Å². The Balaban J connectivity index is 2.81. The first-order chi connectivity index (χ1) is 6.20. The molecule has 2 atom stereocenters. The van der Waals surface area contributed by atoms with Crippen LogP contribution in [0.4, 0.5) is 0 Å². The molecule has 0 aromatic carbocycles. The van der Waals surface area contributed by atoms with Crippen molar-refractivity contribution in [1.29, 1.82) is 0 Å². The zero-order valence-electron chi connectivity index (χ0n) is 10.3. The minimum Gasteiger partial charge on any atom is -0.352 e. The maximum atomic E-state index is 11.5. The van der Waals surface area contributed by atoms with Crippen LogP contribution in [0.2, 0.25) is 0 Å². The van der Waals surface area contributed by atoms with Gasteiger partial charge in [0.15, 0.2) is 0 Å². The molecule has 0 bridgehead atoms. The van der Waals surface area contributed by atoms with Gasteiger partial charge >= 0.3 is 0 Å². The highest BCUT2D eigenvalue weighted by molar-refractivity contribution is 5.86. The van der Waals surface area contributed by atoms with Gasteiger partial charge < -0.3 is 5.32 Å². The maximum absolute atomic E-state index is 11.5. The van der Waals surface area contributed by atoms with E-state index in [1.807, 2.05) is 0 Å². The average molecular weight is 197 g/mol. The number of carbonyl (C=O) groups excluding carboxylic acids is 1. The van der Waals surface area contributed by atoms with Crippen molar-refractivity contribution in [3.63, 3.8) is 0 Å². The second kappa shape index (κ2) is 3.25. The highest BCUT2D eigenvalue weighted by Crippen LogP contribution is 2.43. The van der Waals surface area contributed by atoms with E-state index < -0.39 is 0 Å². The molecule has 0 radical (unpaired) electrons. The Labute approximate surface area is 87.5 Å². The second-order valence-electron chi connectivity index (χ2n) is 6.17. The van der Waals surface area contributed by atoms with E-state index in [4.69, 9.17) is 0 Å². The molecule has 0 aromatic heterocycles. The van der Waals surface area contributed by atoms with Gasteiger partial charge in [-0.1, -0.05) is 41.5 Å². The zero-order chi connectivity index (χ0) is 11.1. The van der Waals surface area contributed by atoms with Crippen molar-refractivity contribution in [2.75, 3.05) is 0 Å². The predicted molar refractivity (Wildman–Crippen MR) is 58.9 cm³/mol. The quantitative estimate of drug-likeness (QED) is 0.677. The summed E-state index contributed by atoms with van der Waals surface area (Å²) in [4.78, 5) is 11.5. The number of amides is 1. The van der Waals surface area contributed by atoms with Crippen molar-refractivity contribution in [2.24, 2.45) is 16.7 Å². The Morgan fingerprint density at radius 3 is 2.00 bits per heavy atom. The van der Waals surface area contributed by atoms with Crippen LogP contribution in [0.15, 0.2) is 0 Å². The van der Waals surface area contributed by atoms with E-state index in [9.17, 15) is 4.79 Å². The van der Waals surface area contributed by atoms with Gasteiger partial charge in [0.25, 0.3) is 0 Å². The number of β-lactam (4-membered cyclic amide) rings is 1. The molecular formula is C12H23NO. The van der Waals surface area contributed by atoms with Crippen LogP contribution in [-0.4, -0.2) is 11.9 Å². The molecule has 14 heavy (non-hydrogen) atoms. The van der Waals surface area contributed by atoms with E-state index in [1.165, 1.54) is 0 Å². The molecule has 1 heterocycles. The summed E-state index contributed by atoms with van der Waals surface area (Å²) in [6.45, 7) is 13.1. The monoisotopic (exact) mass is 197 g/mol. The number of hydrogen-bond donors (Lipinski definition) is 1. The lowest BCUT2D eigenvalue weighted by atomic mass is 9.62. The highest BCUT2D eigenvalue weighted by atomic mass is 16.2. The Kier molecular flexibility index (Phi) is 2.68. The van der Waals surface area contributed by atoms with E-state index in [0.717, 1.165) is 6.42 Å². The molecule has 2 heteroatoms. The molecule has 2 unspecified atom stereocenters.